The summed E-state index contributed by atoms with van der Waals surface area (Å²) < 4.78 is 5.44. The third-order valence-electron chi connectivity index (χ3n) is 5.11. The van der Waals surface area contributed by atoms with Crippen LogP contribution >= 0.6 is 0 Å². The van der Waals surface area contributed by atoms with Crippen LogP contribution in [0.4, 0.5) is 0 Å². The fourth-order valence-electron chi connectivity index (χ4n) is 3.65. The highest BCUT2D eigenvalue weighted by Gasteiger charge is 2.33. The highest BCUT2D eigenvalue weighted by Crippen LogP contribution is 2.33. The molecule has 0 bridgehead atoms. The summed E-state index contributed by atoms with van der Waals surface area (Å²) in [6.45, 7) is 2.67. The molecule has 1 fully saturated rings. The van der Waals surface area contributed by atoms with Gasteiger partial charge in [0.05, 0.1) is 23.9 Å². The van der Waals surface area contributed by atoms with E-state index in [0.29, 0.717) is 5.76 Å². The van der Waals surface area contributed by atoms with Crippen molar-refractivity contribution < 1.29 is 9.21 Å². The second kappa shape index (κ2) is 7.20. The van der Waals surface area contributed by atoms with Crippen LogP contribution in [0.15, 0.2) is 59.3 Å². The van der Waals surface area contributed by atoms with Gasteiger partial charge in [-0.2, -0.15) is 0 Å². The first-order valence-electron chi connectivity index (χ1n) is 9.18. The van der Waals surface area contributed by atoms with Crippen molar-refractivity contribution in [1.29, 1.82) is 0 Å². The molecule has 1 N–H and O–H groups in total. The molecule has 3 aromatic rings. The number of rotatable bonds is 4. The molecule has 2 unspecified atom stereocenters. The number of imidazole rings is 1. The lowest BCUT2D eigenvalue weighted by Gasteiger charge is -2.36. The molecule has 1 aliphatic rings. The van der Waals surface area contributed by atoms with Crippen LogP contribution in [0.25, 0.3) is 11.3 Å². The van der Waals surface area contributed by atoms with Crippen molar-refractivity contribution in [2.45, 2.75) is 38.1 Å². The minimum Gasteiger partial charge on any atom is -0.469 e. The van der Waals surface area contributed by atoms with Crippen molar-refractivity contribution in [1.82, 2.24) is 14.9 Å². The van der Waals surface area contributed by atoms with Crippen LogP contribution in [0.3, 0.4) is 0 Å². The van der Waals surface area contributed by atoms with Gasteiger partial charge in [-0.05, 0) is 38.3 Å². The van der Waals surface area contributed by atoms with E-state index < -0.39 is 0 Å². The molecule has 0 aliphatic carbocycles. The molecule has 5 nitrogen and oxygen atoms in total. The lowest BCUT2D eigenvalue weighted by atomic mass is 9.98. The third-order valence-corrected chi connectivity index (χ3v) is 5.11. The number of aromatic nitrogens is 2. The molecule has 0 spiro atoms. The summed E-state index contributed by atoms with van der Waals surface area (Å²) in [4.78, 5) is 23.1. The van der Waals surface area contributed by atoms with Crippen LogP contribution < -0.4 is 0 Å². The van der Waals surface area contributed by atoms with E-state index in [9.17, 15) is 4.79 Å². The van der Waals surface area contributed by atoms with Crippen molar-refractivity contribution in [3.63, 3.8) is 0 Å². The number of piperidine rings is 1. The molecule has 2 atom stereocenters. The Morgan fingerprint density at radius 2 is 2.08 bits per heavy atom. The molecule has 5 heteroatoms. The Balaban J connectivity index is 1.58. The number of nitrogens with one attached hydrogen (secondary N) is 1. The number of furan rings is 1. The van der Waals surface area contributed by atoms with Crippen molar-refractivity contribution in [3.05, 3.63) is 66.5 Å². The number of aromatic amines is 1. The first kappa shape index (κ1) is 16.6. The largest absolute Gasteiger partial charge is 0.469 e. The standard InChI is InChI=1S/C21H23N3O2/c1-15(19-11-7-13-26-19)21(25)24-12-6-5-10-18(24)20-22-14-17(23-20)16-8-3-2-4-9-16/h2-4,7-9,11,13-15,18H,5-6,10,12H2,1H3,(H,22,23). The molecule has 2 aromatic heterocycles. The molecular formula is C21H23N3O2. The molecule has 0 radical (unpaired) electrons. The summed E-state index contributed by atoms with van der Waals surface area (Å²) in [7, 11) is 0. The van der Waals surface area contributed by atoms with Gasteiger partial charge in [0.15, 0.2) is 0 Å². The number of likely N-dealkylation sites (tertiary alicyclic amines) is 1. The van der Waals surface area contributed by atoms with Crippen LogP contribution in [-0.2, 0) is 4.79 Å². The Labute approximate surface area is 153 Å². The molecule has 1 aromatic carbocycles. The Kier molecular flexibility index (Phi) is 4.61. The predicted molar refractivity (Wildman–Crippen MR) is 99.5 cm³/mol. The van der Waals surface area contributed by atoms with E-state index in [2.05, 4.69) is 4.98 Å². The molecular weight excluding hydrogens is 326 g/mol. The molecule has 1 aliphatic heterocycles. The second-order valence-electron chi connectivity index (χ2n) is 6.82. The summed E-state index contributed by atoms with van der Waals surface area (Å²) in [5, 5.41) is 0. The summed E-state index contributed by atoms with van der Waals surface area (Å²) >= 11 is 0. The van der Waals surface area contributed by atoms with Crippen molar-refractivity contribution in [2.24, 2.45) is 0 Å². The van der Waals surface area contributed by atoms with E-state index in [1.165, 1.54) is 0 Å². The topological polar surface area (TPSA) is 62.1 Å². The third kappa shape index (κ3) is 3.17. The maximum absolute atomic E-state index is 13.1. The van der Waals surface area contributed by atoms with Gasteiger partial charge >= 0.3 is 0 Å². The monoisotopic (exact) mass is 349 g/mol. The second-order valence-corrected chi connectivity index (χ2v) is 6.82. The number of carbonyl (C=O) groups excluding carboxylic acids is 1. The van der Waals surface area contributed by atoms with Crippen LogP contribution in [-0.4, -0.2) is 27.3 Å². The number of amides is 1. The summed E-state index contributed by atoms with van der Waals surface area (Å²) in [6.07, 6.45) is 6.60. The number of carbonyl (C=O) groups is 1. The predicted octanol–water partition coefficient (Wildman–Crippen LogP) is 4.53. The number of nitrogens with zero attached hydrogens (tertiary/aromatic N) is 2. The lowest BCUT2D eigenvalue weighted by Crippen LogP contribution is -2.41. The zero-order chi connectivity index (χ0) is 17.9. The van der Waals surface area contributed by atoms with Gasteiger partial charge in [-0.25, -0.2) is 4.98 Å². The van der Waals surface area contributed by atoms with Crippen LogP contribution in [0, 0.1) is 0 Å². The molecule has 1 amide bonds. The molecule has 3 heterocycles. The first-order chi connectivity index (χ1) is 12.7. The van der Waals surface area contributed by atoms with Crippen molar-refractivity contribution in [2.75, 3.05) is 6.54 Å². The molecule has 0 saturated carbocycles. The smallest absolute Gasteiger partial charge is 0.233 e. The zero-order valence-electron chi connectivity index (χ0n) is 14.9. The minimum atomic E-state index is -0.283. The average molecular weight is 349 g/mol. The fourth-order valence-corrected chi connectivity index (χ4v) is 3.65. The summed E-state index contributed by atoms with van der Waals surface area (Å²) in [5.74, 6) is 1.39. The van der Waals surface area contributed by atoms with Gasteiger partial charge in [0, 0.05) is 18.3 Å². The van der Waals surface area contributed by atoms with Gasteiger partial charge in [-0.15, -0.1) is 0 Å². The quantitative estimate of drug-likeness (QED) is 0.753. The van der Waals surface area contributed by atoms with Crippen LogP contribution in [0.2, 0.25) is 0 Å². The normalized spacial score (nSPS) is 18.7. The van der Waals surface area contributed by atoms with E-state index in [-0.39, 0.29) is 17.9 Å². The molecule has 134 valence electrons. The van der Waals surface area contributed by atoms with Crippen LogP contribution in [0.1, 0.15) is 49.7 Å². The lowest BCUT2D eigenvalue weighted by molar-refractivity contribution is -0.136. The van der Waals surface area contributed by atoms with E-state index in [4.69, 9.17) is 9.40 Å². The number of benzene rings is 1. The summed E-state index contributed by atoms with van der Waals surface area (Å²) in [5.41, 5.74) is 1.99. The van der Waals surface area contributed by atoms with Crippen molar-refractivity contribution in [3.8, 4) is 11.3 Å². The van der Waals surface area contributed by atoms with Gasteiger partial charge in [0.25, 0.3) is 0 Å². The average Bonchev–Trinajstić information content (AvgIpc) is 3.39. The first-order valence-corrected chi connectivity index (χ1v) is 9.18. The van der Waals surface area contributed by atoms with Crippen molar-refractivity contribution >= 4 is 5.91 Å². The van der Waals surface area contributed by atoms with E-state index in [0.717, 1.165) is 42.9 Å². The van der Waals surface area contributed by atoms with Crippen LogP contribution in [0.5, 0.6) is 0 Å². The Morgan fingerprint density at radius 1 is 1.23 bits per heavy atom. The summed E-state index contributed by atoms with van der Waals surface area (Å²) in [6, 6.07) is 13.8. The van der Waals surface area contributed by atoms with Gasteiger partial charge in [0.1, 0.15) is 11.6 Å². The number of hydrogen-bond acceptors (Lipinski definition) is 3. The Bertz CT molecular complexity index is 855. The highest BCUT2D eigenvalue weighted by molar-refractivity contribution is 5.83. The van der Waals surface area contributed by atoms with E-state index in [1.807, 2.05) is 60.5 Å². The van der Waals surface area contributed by atoms with Gasteiger partial charge in [-0.3, -0.25) is 4.79 Å². The Hall–Kier alpha value is -2.82. The molecule has 4 rings (SSSR count). The number of hydrogen-bond donors (Lipinski definition) is 1. The molecule has 26 heavy (non-hydrogen) atoms. The maximum atomic E-state index is 13.1. The zero-order valence-corrected chi connectivity index (χ0v) is 14.9. The maximum Gasteiger partial charge on any atom is 0.233 e. The van der Waals surface area contributed by atoms with Gasteiger partial charge < -0.3 is 14.3 Å². The number of H-pyrrole nitrogens is 1. The molecule has 1 saturated heterocycles. The van der Waals surface area contributed by atoms with E-state index in [1.54, 1.807) is 6.26 Å². The minimum absolute atomic E-state index is 0.00822. The fraction of sp³-hybridized carbons (Fsp3) is 0.333. The van der Waals surface area contributed by atoms with E-state index >= 15 is 0 Å². The van der Waals surface area contributed by atoms with Gasteiger partial charge in [-0.1, -0.05) is 30.3 Å². The SMILES string of the molecule is CC(C(=O)N1CCCCC1c1nc(-c2ccccc2)c[nH]1)c1ccco1. The Morgan fingerprint density at radius 3 is 2.85 bits per heavy atom. The van der Waals surface area contributed by atoms with Gasteiger partial charge in [0.2, 0.25) is 5.91 Å². The highest BCUT2D eigenvalue weighted by atomic mass is 16.3.